The highest BCUT2D eigenvalue weighted by atomic mass is 14.6. The molecule has 0 aliphatic rings. The van der Waals surface area contributed by atoms with Crippen molar-refractivity contribution in [3.63, 3.8) is 0 Å². The largest absolute Gasteiger partial charge is 0.402 e. The van der Waals surface area contributed by atoms with E-state index in [1.807, 2.05) is 6.92 Å². The third-order valence-electron chi connectivity index (χ3n) is 4.72. The van der Waals surface area contributed by atoms with E-state index in [1.54, 1.807) is 0 Å². The van der Waals surface area contributed by atoms with Crippen LogP contribution in [0, 0.1) is 5.92 Å². The lowest BCUT2D eigenvalue weighted by molar-refractivity contribution is 0.494. The van der Waals surface area contributed by atoms with Crippen LogP contribution in [-0.2, 0) is 6.42 Å². The van der Waals surface area contributed by atoms with Gasteiger partial charge in [0.25, 0.3) is 0 Å². The van der Waals surface area contributed by atoms with Crippen molar-refractivity contribution in [3.05, 3.63) is 47.2 Å². The van der Waals surface area contributed by atoms with Crippen molar-refractivity contribution in [2.24, 2.45) is 11.7 Å². The summed E-state index contributed by atoms with van der Waals surface area (Å²) in [5, 5.41) is 0. The first-order valence-electron chi connectivity index (χ1n) is 9.12. The first-order chi connectivity index (χ1) is 10.6. The Hall–Kier alpha value is -1.24. The Bertz CT molecular complexity index is 415. The van der Waals surface area contributed by atoms with Gasteiger partial charge in [0.2, 0.25) is 0 Å². The maximum atomic E-state index is 6.06. The minimum atomic E-state index is 0.600. The van der Waals surface area contributed by atoms with Gasteiger partial charge in [-0.1, -0.05) is 87.8 Å². The first-order valence-corrected chi connectivity index (χ1v) is 9.12. The molecule has 1 nitrogen and oxygen atoms in total. The normalized spacial score (nSPS) is 13.8. The average molecular weight is 302 g/mol. The zero-order valence-corrected chi connectivity index (χ0v) is 14.9. The second-order valence-electron chi connectivity index (χ2n) is 6.66. The van der Waals surface area contributed by atoms with Crippen LogP contribution < -0.4 is 5.73 Å². The minimum absolute atomic E-state index is 0.600. The molecule has 0 spiro atoms. The van der Waals surface area contributed by atoms with Crippen LogP contribution in [0.3, 0.4) is 0 Å². The molecule has 1 heteroatoms. The molecule has 22 heavy (non-hydrogen) atoms. The van der Waals surface area contributed by atoms with Crippen LogP contribution in [0.4, 0.5) is 0 Å². The van der Waals surface area contributed by atoms with E-state index < -0.39 is 0 Å². The quantitative estimate of drug-likeness (QED) is 0.481. The van der Waals surface area contributed by atoms with Crippen molar-refractivity contribution in [2.45, 2.75) is 78.6 Å². The van der Waals surface area contributed by atoms with E-state index in [-0.39, 0.29) is 0 Å². The van der Waals surface area contributed by atoms with Crippen LogP contribution in [0.2, 0.25) is 0 Å². The smallest absolute Gasteiger partial charge is 0.00409 e. The number of nitrogens with two attached hydrogens (primary N) is 1. The lowest BCUT2D eigenvalue weighted by Gasteiger charge is -2.19. The maximum absolute atomic E-state index is 6.06. The summed E-state index contributed by atoms with van der Waals surface area (Å²) in [4.78, 5) is 0. The molecule has 0 bridgehead atoms. The number of hydrogen-bond donors (Lipinski definition) is 1. The van der Waals surface area contributed by atoms with Gasteiger partial charge in [-0.15, -0.1) is 0 Å². The molecule has 0 aromatic heterocycles. The Kier molecular flexibility index (Phi) is 9.70. The van der Waals surface area contributed by atoms with E-state index in [4.69, 9.17) is 5.73 Å². The fourth-order valence-electron chi connectivity index (χ4n) is 3.04. The van der Waals surface area contributed by atoms with Crippen molar-refractivity contribution >= 4 is 0 Å². The first kappa shape index (κ1) is 18.8. The number of hydrogen-bond acceptors (Lipinski definition) is 1. The summed E-state index contributed by atoms with van der Waals surface area (Å²) in [5.41, 5.74) is 9.87. The molecule has 0 radical (unpaired) electrons. The summed E-state index contributed by atoms with van der Waals surface area (Å²) >= 11 is 0. The Morgan fingerprint density at radius 1 is 0.909 bits per heavy atom. The molecule has 1 aromatic carbocycles. The van der Waals surface area contributed by atoms with Gasteiger partial charge in [0.1, 0.15) is 0 Å². The maximum Gasteiger partial charge on any atom is 0.00409 e. The second kappa shape index (κ2) is 11.3. The molecule has 1 unspecified atom stereocenters. The van der Waals surface area contributed by atoms with Crippen molar-refractivity contribution in [1.29, 1.82) is 0 Å². The summed E-state index contributed by atoms with van der Waals surface area (Å²) in [6.45, 7) is 6.53. The van der Waals surface area contributed by atoms with Gasteiger partial charge >= 0.3 is 0 Å². The summed E-state index contributed by atoms with van der Waals surface area (Å²) < 4.78 is 0. The highest BCUT2D eigenvalue weighted by molar-refractivity contribution is 5.19. The fourth-order valence-corrected chi connectivity index (χ4v) is 3.04. The third-order valence-corrected chi connectivity index (χ3v) is 4.72. The molecule has 1 atom stereocenters. The van der Waals surface area contributed by atoms with E-state index in [9.17, 15) is 0 Å². The van der Waals surface area contributed by atoms with Crippen molar-refractivity contribution < 1.29 is 0 Å². The molecule has 0 aliphatic carbocycles. The predicted molar refractivity (Wildman–Crippen MR) is 98.8 cm³/mol. The van der Waals surface area contributed by atoms with Gasteiger partial charge < -0.3 is 5.73 Å². The van der Waals surface area contributed by atoms with Gasteiger partial charge in [-0.05, 0) is 38.2 Å². The molecule has 0 fully saturated rings. The molecular formula is C21H35N. The van der Waals surface area contributed by atoms with E-state index >= 15 is 0 Å². The molecule has 0 saturated carbocycles. The second-order valence-corrected chi connectivity index (χ2v) is 6.66. The molecule has 0 amide bonds. The van der Waals surface area contributed by atoms with Crippen molar-refractivity contribution in [1.82, 2.24) is 0 Å². The van der Waals surface area contributed by atoms with Crippen molar-refractivity contribution in [3.8, 4) is 0 Å². The van der Waals surface area contributed by atoms with Crippen LogP contribution in [0.25, 0.3) is 0 Å². The molecule has 0 heterocycles. The molecule has 2 N–H and O–H groups in total. The van der Waals surface area contributed by atoms with Gasteiger partial charge in [0.15, 0.2) is 0 Å². The van der Waals surface area contributed by atoms with Crippen LogP contribution in [0.5, 0.6) is 0 Å². The summed E-state index contributed by atoms with van der Waals surface area (Å²) in [6, 6.07) is 10.8. The predicted octanol–water partition coefficient (Wildman–Crippen LogP) is 6.24. The Morgan fingerprint density at radius 2 is 1.50 bits per heavy atom. The molecular weight excluding hydrogens is 266 g/mol. The van der Waals surface area contributed by atoms with Crippen LogP contribution >= 0.6 is 0 Å². The summed E-state index contributed by atoms with van der Waals surface area (Å²) in [7, 11) is 0. The highest BCUT2D eigenvalue weighted by Gasteiger charge is 2.13. The van der Waals surface area contributed by atoms with Gasteiger partial charge in [0.05, 0.1) is 0 Å². The topological polar surface area (TPSA) is 26.0 Å². The van der Waals surface area contributed by atoms with E-state index in [2.05, 4.69) is 44.2 Å². The summed E-state index contributed by atoms with van der Waals surface area (Å²) in [5.74, 6) is 0.600. The number of allylic oxidation sites excluding steroid dienone is 2. The lowest BCUT2D eigenvalue weighted by Crippen LogP contribution is -2.11. The molecule has 1 aromatic rings. The average Bonchev–Trinajstić information content (AvgIpc) is 2.53. The zero-order chi connectivity index (χ0) is 16.2. The monoisotopic (exact) mass is 301 g/mol. The van der Waals surface area contributed by atoms with Gasteiger partial charge in [-0.2, -0.15) is 0 Å². The van der Waals surface area contributed by atoms with Crippen LogP contribution in [0.1, 0.15) is 77.7 Å². The van der Waals surface area contributed by atoms with E-state index in [1.165, 1.54) is 62.5 Å². The highest BCUT2D eigenvalue weighted by Crippen LogP contribution is 2.24. The molecule has 124 valence electrons. The molecule has 0 saturated heterocycles. The number of unbranched alkanes of at least 4 members (excludes halogenated alkanes) is 6. The standard InChI is InChI=1S/C21H35N/c1-4-5-6-7-8-9-13-16-21(18(2)19(3)22)17-20-14-11-10-12-15-20/h10-12,14-15,21H,4-9,13,16-17,22H2,1-3H3. The molecule has 0 aliphatic heterocycles. The van der Waals surface area contributed by atoms with Crippen molar-refractivity contribution in [2.75, 3.05) is 0 Å². The zero-order valence-electron chi connectivity index (χ0n) is 14.9. The Labute approximate surface area is 138 Å². The fraction of sp³-hybridized carbons (Fsp3) is 0.619. The lowest BCUT2D eigenvalue weighted by atomic mass is 9.87. The van der Waals surface area contributed by atoms with Gasteiger partial charge in [-0.3, -0.25) is 0 Å². The minimum Gasteiger partial charge on any atom is -0.402 e. The number of benzene rings is 1. The van der Waals surface area contributed by atoms with Crippen LogP contribution in [-0.4, -0.2) is 0 Å². The van der Waals surface area contributed by atoms with Crippen LogP contribution in [0.15, 0.2) is 41.6 Å². The van der Waals surface area contributed by atoms with E-state index in [0.29, 0.717) is 5.92 Å². The van der Waals surface area contributed by atoms with E-state index in [0.717, 1.165) is 12.1 Å². The Morgan fingerprint density at radius 3 is 2.09 bits per heavy atom. The van der Waals surface area contributed by atoms with Gasteiger partial charge in [0, 0.05) is 5.70 Å². The summed E-state index contributed by atoms with van der Waals surface area (Å²) in [6.07, 6.45) is 12.0. The third kappa shape index (κ3) is 7.68. The SMILES string of the molecule is CCCCCCCCCC(Cc1ccccc1)C(C)=C(C)N. The Balaban J connectivity index is 2.41. The van der Waals surface area contributed by atoms with Gasteiger partial charge in [-0.25, -0.2) is 0 Å². The molecule has 1 rings (SSSR count). The number of rotatable bonds is 11.